The molecule has 0 saturated heterocycles. The highest BCUT2D eigenvalue weighted by Crippen LogP contribution is 2.67. The summed E-state index contributed by atoms with van der Waals surface area (Å²) in [6, 6.07) is 0. The second-order valence-electron chi connectivity index (χ2n) is 9.93. The standard InChI is InChI=1S/C22H38/c1-7-20(4)12-8-13-22(6)18-10-9-17(16(2)3)15-21(18,5)14-11-19(20)22/h15-16,18-19H,7-14H2,1-6H3/t18?,19?,20?,21-,22?/m1/s1. The molecule has 0 aromatic heterocycles. The van der Waals surface area contributed by atoms with Crippen molar-refractivity contribution in [2.45, 2.75) is 92.9 Å². The molecule has 2 saturated carbocycles. The Balaban J connectivity index is 1.97. The van der Waals surface area contributed by atoms with E-state index >= 15 is 0 Å². The van der Waals surface area contributed by atoms with E-state index in [9.17, 15) is 0 Å². The first kappa shape index (κ1) is 16.6. The third-order valence-electron chi connectivity index (χ3n) is 8.45. The molecule has 0 spiro atoms. The third-order valence-corrected chi connectivity index (χ3v) is 8.45. The summed E-state index contributed by atoms with van der Waals surface area (Å²) < 4.78 is 0. The zero-order chi connectivity index (χ0) is 16.2. The summed E-state index contributed by atoms with van der Waals surface area (Å²) in [4.78, 5) is 0. The third kappa shape index (κ3) is 2.31. The SMILES string of the molecule is CCC1(C)CCCC2(C)C1CC[C@]1(C)C=C(C(C)C)CCC21. The molecule has 22 heavy (non-hydrogen) atoms. The molecule has 0 aromatic rings. The van der Waals surface area contributed by atoms with Crippen molar-refractivity contribution in [3.8, 4) is 0 Å². The summed E-state index contributed by atoms with van der Waals surface area (Å²) in [7, 11) is 0. The molecular formula is C22H38. The highest BCUT2D eigenvalue weighted by molar-refractivity contribution is 5.21. The van der Waals surface area contributed by atoms with E-state index in [-0.39, 0.29) is 0 Å². The van der Waals surface area contributed by atoms with E-state index in [0.717, 1.165) is 17.8 Å². The molecule has 0 nitrogen and oxygen atoms in total. The highest BCUT2D eigenvalue weighted by atomic mass is 14.6. The maximum Gasteiger partial charge on any atom is -0.0110 e. The quantitative estimate of drug-likeness (QED) is 0.482. The summed E-state index contributed by atoms with van der Waals surface area (Å²) >= 11 is 0. The highest BCUT2D eigenvalue weighted by Gasteiger charge is 2.58. The average molecular weight is 303 g/mol. The molecule has 0 radical (unpaired) electrons. The molecule has 126 valence electrons. The van der Waals surface area contributed by atoms with Gasteiger partial charge < -0.3 is 0 Å². The van der Waals surface area contributed by atoms with E-state index in [4.69, 9.17) is 0 Å². The second-order valence-corrected chi connectivity index (χ2v) is 9.93. The Hall–Kier alpha value is -0.260. The number of fused-ring (bicyclic) bond motifs is 3. The van der Waals surface area contributed by atoms with Crippen LogP contribution in [0.3, 0.4) is 0 Å². The summed E-state index contributed by atoms with van der Waals surface area (Å²) in [6.45, 7) is 15.1. The molecule has 3 aliphatic carbocycles. The predicted octanol–water partition coefficient (Wildman–Crippen LogP) is 7.00. The molecule has 0 aromatic carbocycles. The van der Waals surface area contributed by atoms with Crippen molar-refractivity contribution in [3.63, 3.8) is 0 Å². The summed E-state index contributed by atoms with van der Waals surface area (Å²) in [5, 5.41) is 0. The van der Waals surface area contributed by atoms with Crippen molar-refractivity contribution in [1.82, 2.24) is 0 Å². The largest absolute Gasteiger partial charge is 0.0788 e. The normalized spacial score (nSPS) is 48.6. The fraction of sp³-hybridized carbons (Fsp3) is 0.909. The van der Waals surface area contributed by atoms with Crippen molar-refractivity contribution in [2.24, 2.45) is 34.0 Å². The Morgan fingerprint density at radius 3 is 2.41 bits per heavy atom. The lowest BCUT2D eigenvalue weighted by Gasteiger charge is -2.64. The first-order valence-electron chi connectivity index (χ1n) is 9.97. The lowest BCUT2D eigenvalue weighted by molar-refractivity contribution is -0.127. The minimum Gasteiger partial charge on any atom is -0.0788 e. The van der Waals surface area contributed by atoms with Crippen LogP contribution in [0.25, 0.3) is 0 Å². The summed E-state index contributed by atoms with van der Waals surface area (Å²) in [5.74, 6) is 2.63. The van der Waals surface area contributed by atoms with Gasteiger partial charge in [0.2, 0.25) is 0 Å². The van der Waals surface area contributed by atoms with Crippen molar-refractivity contribution < 1.29 is 0 Å². The van der Waals surface area contributed by atoms with Crippen LogP contribution in [0.4, 0.5) is 0 Å². The fourth-order valence-corrected chi connectivity index (χ4v) is 7.01. The first-order valence-corrected chi connectivity index (χ1v) is 9.97. The van der Waals surface area contributed by atoms with E-state index in [2.05, 4.69) is 47.6 Å². The molecular weight excluding hydrogens is 264 g/mol. The van der Waals surface area contributed by atoms with Crippen molar-refractivity contribution >= 4 is 0 Å². The van der Waals surface area contributed by atoms with Crippen molar-refractivity contribution in [1.29, 1.82) is 0 Å². The Bertz CT molecular complexity index is 459. The van der Waals surface area contributed by atoms with E-state index in [0.29, 0.717) is 16.2 Å². The van der Waals surface area contributed by atoms with Crippen LogP contribution >= 0.6 is 0 Å². The molecule has 5 atom stereocenters. The van der Waals surface area contributed by atoms with Gasteiger partial charge >= 0.3 is 0 Å². The van der Waals surface area contributed by atoms with Crippen LogP contribution in [0.5, 0.6) is 0 Å². The van der Waals surface area contributed by atoms with Gasteiger partial charge in [-0.05, 0) is 72.5 Å². The van der Waals surface area contributed by atoms with Gasteiger partial charge in [-0.1, -0.05) is 66.0 Å². The summed E-state index contributed by atoms with van der Waals surface area (Å²) in [6.07, 6.45) is 14.3. The van der Waals surface area contributed by atoms with Crippen LogP contribution in [-0.2, 0) is 0 Å². The average Bonchev–Trinajstić information content (AvgIpc) is 2.45. The minimum atomic E-state index is 0.481. The number of allylic oxidation sites excluding steroid dienone is 2. The van der Waals surface area contributed by atoms with E-state index in [1.807, 2.05) is 0 Å². The fourth-order valence-electron chi connectivity index (χ4n) is 7.01. The van der Waals surface area contributed by atoms with Gasteiger partial charge in [0.15, 0.2) is 0 Å². The van der Waals surface area contributed by atoms with Crippen LogP contribution < -0.4 is 0 Å². The molecule has 0 heteroatoms. The van der Waals surface area contributed by atoms with Crippen molar-refractivity contribution in [3.05, 3.63) is 11.6 Å². The number of rotatable bonds is 2. The van der Waals surface area contributed by atoms with Gasteiger partial charge in [0.05, 0.1) is 0 Å². The summed E-state index contributed by atoms with van der Waals surface area (Å²) in [5.41, 5.74) is 3.43. The molecule has 3 aliphatic rings. The zero-order valence-electron chi connectivity index (χ0n) is 16.0. The molecule has 0 heterocycles. The van der Waals surface area contributed by atoms with E-state index in [1.54, 1.807) is 5.57 Å². The van der Waals surface area contributed by atoms with Crippen molar-refractivity contribution in [2.75, 3.05) is 0 Å². The first-order chi connectivity index (χ1) is 10.3. The van der Waals surface area contributed by atoms with E-state index in [1.165, 1.54) is 51.4 Å². The molecule has 0 amide bonds. The second kappa shape index (κ2) is 5.38. The Kier molecular flexibility index (Phi) is 4.06. The van der Waals surface area contributed by atoms with Gasteiger partial charge in [-0.3, -0.25) is 0 Å². The van der Waals surface area contributed by atoms with Gasteiger partial charge in [0.25, 0.3) is 0 Å². The maximum atomic E-state index is 2.74. The van der Waals surface area contributed by atoms with Gasteiger partial charge in [0, 0.05) is 0 Å². The van der Waals surface area contributed by atoms with Crippen LogP contribution in [0, 0.1) is 34.0 Å². The monoisotopic (exact) mass is 302 g/mol. The molecule has 2 fully saturated rings. The van der Waals surface area contributed by atoms with Crippen LogP contribution in [-0.4, -0.2) is 0 Å². The van der Waals surface area contributed by atoms with Gasteiger partial charge in [0.1, 0.15) is 0 Å². The number of hydrogen-bond donors (Lipinski definition) is 0. The van der Waals surface area contributed by atoms with Crippen LogP contribution in [0.15, 0.2) is 11.6 Å². The molecule has 4 unspecified atom stereocenters. The lowest BCUT2D eigenvalue weighted by atomic mass is 9.41. The van der Waals surface area contributed by atoms with E-state index < -0.39 is 0 Å². The van der Waals surface area contributed by atoms with Crippen LogP contribution in [0.1, 0.15) is 92.9 Å². The molecule has 0 aliphatic heterocycles. The predicted molar refractivity (Wildman–Crippen MR) is 96.8 cm³/mol. The lowest BCUT2D eigenvalue weighted by Crippen LogP contribution is -2.55. The minimum absolute atomic E-state index is 0.481. The number of hydrogen-bond acceptors (Lipinski definition) is 0. The molecule has 3 rings (SSSR count). The zero-order valence-corrected chi connectivity index (χ0v) is 16.0. The Morgan fingerprint density at radius 1 is 1.05 bits per heavy atom. The smallest absolute Gasteiger partial charge is 0.0110 e. The van der Waals surface area contributed by atoms with Gasteiger partial charge in [-0.2, -0.15) is 0 Å². The van der Waals surface area contributed by atoms with Crippen LogP contribution in [0.2, 0.25) is 0 Å². The molecule has 0 bridgehead atoms. The topological polar surface area (TPSA) is 0 Å². The Morgan fingerprint density at radius 2 is 1.77 bits per heavy atom. The Labute approximate surface area is 139 Å². The molecule has 0 N–H and O–H groups in total. The maximum absolute atomic E-state index is 2.74. The van der Waals surface area contributed by atoms with Gasteiger partial charge in [-0.25, -0.2) is 0 Å². The van der Waals surface area contributed by atoms with Gasteiger partial charge in [-0.15, -0.1) is 0 Å².